The molecule has 2 aliphatic heterocycles. The summed E-state index contributed by atoms with van der Waals surface area (Å²) in [6, 6.07) is 4.81. The van der Waals surface area contributed by atoms with Gasteiger partial charge in [0.15, 0.2) is 5.69 Å². The molecular formula is C25H29F4N5O2. The van der Waals surface area contributed by atoms with Crippen molar-refractivity contribution in [1.82, 2.24) is 19.8 Å². The maximum Gasteiger partial charge on any atom is 0.433 e. The first-order valence-electron chi connectivity index (χ1n) is 12.0. The Morgan fingerprint density at radius 3 is 2.61 bits per heavy atom. The summed E-state index contributed by atoms with van der Waals surface area (Å²) in [5, 5.41) is 0. The molecule has 2 aromatic rings. The van der Waals surface area contributed by atoms with Crippen molar-refractivity contribution >= 4 is 11.8 Å². The van der Waals surface area contributed by atoms with Crippen molar-refractivity contribution < 1.29 is 27.2 Å². The van der Waals surface area contributed by atoms with Crippen LogP contribution in [0.3, 0.4) is 0 Å². The highest BCUT2D eigenvalue weighted by molar-refractivity contribution is 5.78. The van der Waals surface area contributed by atoms with Crippen LogP contribution in [0.4, 0.5) is 17.6 Å². The number of hydrogen-bond acceptors (Lipinski definition) is 5. The van der Waals surface area contributed by atoms with Gasteiger partial charge in [-0.2, -0.15) is 13.2 Å². The zero-order chi connectivity index (χ0) is 26.0. The van der Waals surface area contributed by atoms with E-state index in [9.17, 15) is 27.2 Å². The minimum Gasteiger partial charge on any atom is -0.341 e. The van der Waals surface area contributed by atoms with E-state index in [4.69, 9.17) is 5.73 Å². The summed E-state index contributed by atoms with van der Waals surface area (Å²) in [4.78, 5) is 36.3. The number of carbonyl (C=O) groups excluding carboxylic acids is 2. The topological polar surface area (TPSA) is 92.4 Å². The molecule has 4 rings (SSSR count). The monoisotopic (exact) mass is 507 g/mol. The molecule has 11 heteroatoms. The van der Waals surface area contributed by atoms with Crippen molar-refractivity contribution in [3.05, 3.63) is 58.4 Å². The predicted molar refractivity (Wildman–Crippen MR) is 123 cm³/mol. The number of nitrogens with zero attached hydrogens (tertiary/aromatic N) is 4. The van der Waals surface area contributed by atoms with E-state index in [0.29, 0.717) is 24.4 Å². The van der Waals surface area contributed by atoms with Gasteiger partial charge in [0.1, 0.15) is 11.6 Å². The third-order valence-corrected chi connectivity index (χ3v) is 6.64. The van der Waals surface area contributed by atoms with Crippen molar-refractivity contribution in [3.63, 3.8) is 0 Å². The molecule has 0 aliphatic carbocycles. The lowest BCUT2D eigenvalue weighted by atomic mass is 9.98. The van der Waals surface area contributed by atoms with Crippen LogP contribution in [0.1, 0.15) is 54.5 Å². The smallest absolute Gasteiger partial charge is 0.341 e. The fraction of sp³-hybridized carbons (Fsp3) is 0.520. The standard InChI is InChI=1S/C25H29F4N5O2/c1-15-2-7-22(35)34(12-15)13-18(30)11-23(36)33-9-8-19-20(14-33)31-21(32-24(19)25(27,28)29)10-16-3-5-17(26)6-4-16/h3-6,15,18H,2,7-14,30H2,1H3/t15?,18-/m1/s1. The molecule has 1 saturated heterocycles. The number of rotatable bonds is 6. The van der Waals surface area contributed by atoms with Gasteiger partial charge in [-0.3, -0.25) is 9.59 Å². The second kappa shape index (κ2) is 10.5. The number of benzene rings is 1. The van der Waals surface area contributed by atoms with Gasteiger partial charge < -0.3 is 15.5 Å². The van der Waals surface area contributed by atoms with Gasteiger partial charge in [-0.25, -0.2) is 14.4 Å². The Labute approximate surface area is 206 Å². The molecule has 2 amide bonds. The van der Waals surface area contributed by atoms with E-state index in [1.54, 1.807) is 4.90 Å². The number of halogens is 4. The Bertz CT molecular complexity index is 1120. The maximum absolute atomic E-state index is 13.8. The van der Waals surface area contributed by atoms with Crippen molar-refractivity contribution in [2.75, 3.05) is 19.6 Å². The molecule has 194 valence electrons. The van der Waals surface area contributed by atoms with Gasteiger partial charge in [0, 0.05) is 50.5 Å². The highest BCUT2D eigenvalue weighted by atomic mass is 19.4. The van der Waals surface area contributed by atoms with Crippen LogP contribution in [0.25, 0.3) is 0 Å². The Morgan fingerprint density at radius 1 is 1.19 bits per heavy atom. The summed E-state index contributed by atoms with van der Waals surface area (Å²) in [6.07, 6.45) is -3.42. The molecule has 1 unspecified atom stereocenters. The minimum absolute atomic E-state index is 0.00224. The van der Waals surface area contributed by atoms with Gasteiger partial charge >= 0.3 is 6.18 Å². The Balaban J connectivity index is 1.47. The number of amides is 2. The van der Waals surface area contributed by atoms with E-state index in [2.05, 4.69) is 16.9 Å². The van der Waals surface area contributed by atoms with Gasteiger partial charge in [-0.1, -0.05) is 19.1 Å². The number of fused-ring (bicyclic) bond motifs is 1. The molecule has 2 atom stereocenters. The summed E-state index contributed by atoms with van der Waals surface area (Å²) in [6.45, 7) is 2.95. The summed E-state index contributed by atoms with van der Waals surface area (Å²) in [5.74, 6) is -0.397. The van der Waals surface area contributed by atoms with Crippen LogP contribution in [0, 0.1) is 11.7 Å². The number of hydrogen-bond donors (Lipinski definition) is 1. The van der Waals surface area contributed by atoms with Gasteiger partial charge in [0.25, 0.3) is 0 Å². The molecule has 1 aromatic heterocycles. The molecule has 36 heavy (non-hydrogen) atoms. The number of aromatic nitrogens is 2. The number of carbonyl (C=O) groups is 2. The fourth-order valence-electron chi connectivity index (χ4n) is 4.77. The van der Waals surface area contributed by atoms with Gasteiger partial charge in [-0.15, -0.1) is 0 Å². The third-order valence-electron chi connectivity index (χ3n) is 6.64. The van der Waals surface area contributed by atoms with Gasteiger partial charge in [0.2, 0.25) is 11.8 Å². The Kier molecular flexibility index (Phi) is 7.58. The van der Waals surface area contributed by atoms with Gasteiger partial charge in [0.05, 0.1) is 12.2 Å². The quantitative estimate of drug-likeness (QED) is 0.607. The lowest BCUT2D eigenvalue weighted by Crippen LogP contribution is -2.48. The SMILES string of the molecule is CC1CCC(=O)N(C[C@H](N)CC(=O)N2CCc3c(nc(Cc4ccc(F)cc4)nc3C(F)(F)F)C2)C1. The summed E-state index contributed by atoms with van der Waals surface area (Å²) < 4.78 is 54.6. The van der Waals surface area contributed by atoms with Crippen LogP contribution in [-0.4, -0.2) is 57.3 Å². The Hall–Kier alpha value is -3.08. The molecule has 2 aliphatic rings. The van der Waals surface area contributed by atoms with E-state index in [-0.39, 0.29) is 67.8 Å². The van der Waals surface area contributed by atoms with E-state index in [1.807, 2.05) is 0 Å². The van der Waals surface area contributed by atoms with Crippen LogP contribution in [0.5, 0.6) is 0 Å². The largest absolute Gasteiger partial charge is 0.433 e. The zero-order valence-electron chi connectivity index (χ0n) is 20.0. The molecule has 1 aromatic carbocycles. The highest BCUT2D eigenvalue weighted by Crippen LogP contribution is 2.34. The fourth-order valence-corrected chi connectivity index (χ4v) is 4.77. The van der Waals surface area contributed by atoms with E-state index < -0.39 is 23.7 Å². The van der Waals surface area contributed by atoms with Crippen LogP contribution in [-0.2, 0) is 35.2 Å². The first kappa shape index (κ1) is 26.0. The maximum atomic E-state index is 13.8. The molecular weight excluding hydrogens is 478 g/mol. The highest BCUT2D eigenvalue weighted by Gasteiger charge is 2.39. The zero-order valence-corrected chi connectivity index (χ0v) is 20.0. The summed E-state index contributed by atoms with van der Waals surface area (Å²) >= 11 is 0. The molecule has 1 fully saturated rings. The van der Waals surface area contributed by atoms with Gasteiger partial charge in [-0.05, 0) is 36.5 Å². The van der Waals surface area contributed by atoms with E-state index in [1.165, 1.54) is 29.2 Å². The van der Waals surface area contributed by atoms with Crippen molar-refractivity contribution in [3.8, 4) is 0 Å². The minimum atomic E-state index is -4.67. The van der Waals surface area contributed by atoms with Crippen LogP contribution < -0.4 is 5.73 Å². The van der Waals surface area contributed by atoms with Crippen LogP contribution in [0.15, 0.2) is 24.3 Å². The first-order chi connectivity index (χ1) is 17.0. The molecule has 0 radical (unpaired) electrons. The number of alkyl halides is 3. The Morgan fingerprint density at radius 2 is 1.92 bits per heavy atom. The average molecular weight is 508 g/mol. The molecule has 3 heterocycles. The molecule has 0 spiro atoms. The summed E-state index contributed by atoms with van der Waals surface area (Å²) in [7, 11) is 0. The molecule has 0 saturated carbocycles. The first-order valence-corrected chi connectivity index (χ1v) is 12.0. The average Bonchev–Trinajstić information content (AvgIpc) is 2.81. The summed E-state index contributed by atoms with van der Waals surface area (Å²) in [5.41, 5.74) is 5.90. The van der Waals surface area contributed by atoms with E-state index in [0.717, 1.165) is 6.42 Å². The number of piperidine rings is 1. The predicted octanol–water partition coefficient (Wildman–Crippen LogP) is 3.09. The second-order valence-electron chi connectivity index (χ2n) is 9.69. The lowest BCUT2D eigenvalue weighted by molar-refractivity contribution is -0.142. The van der Waals surface area contributed by atoms with Crippen molar-refractivity contribution in [2.45, 2.75) is 57.8 Å². The van der Waals surface area contributed by atoms with Crippen molar-refractivity contribution in [1.29, 1.82) is 0 Å². The number of likely N-dealkylation sites (tertiary alicyclic amines) is 1. The van der Waals surface area contributed by atoms with Crippen LogP contribution in [0.2, 0.25) is 0 Å². The number of nitrogens with two attached hydrogens (primary N) is 1. The molecule has 2 N–H and O–H groups in total. The van der Waals surface area contributed by atoms with E-state index >= 15 is 0 Å². The van der Waals surface area contributed by atoms with Crippen molar-refractivity contribution in [2.24, 2.45) is 11.7 Å². The second-order valence-corrected chi connectivity index (χ2v) is 9.69. The molecule has 0 bridgehead atoms. The molecule has 7 nitrogen and oxygen atoms in total. The normalized spacial score (nSPS) is 19.3. The lowest BCUT2D eigenvalue weighted by Gasteiger charge is -2.34. The third kappa shape index (κ3) is 6.18. The van der Waals surface area contributed by atoms with Crippen LogP contribution >= 0.6 is 0 Å².